The van der Waals surface area contributed by atoms with Crippen LogP contribution in [0.15, 0.2) is 39.5 Å². The Labute approximate surface area is 192 Å². The summed E-state index contributed by atoms with van der Waals surface area (Å²) in [4.78, 5) is 25.5. The molecule has 0 saturated carbocycles. The van der Waals surface area contributed by atoms with Crippen LogP contribution in [0.4, 0.5) is 0 Å². The zero-order chi connectivity index (χ0) is 23.5. The molecule has 1 aromatic heterocycles. The van der Waals surface area contributed by atoms with Gasteiger partial charge in [0.15, 0.2) is 17.6 Å². The van der Waals surface area contributed by atoms with Gasteiger partial charge in [0, 0.05) is 12.5 Å². The Balaban J connectivity index is 1.78. The van der Waals surface area contributed by atoms with Gasteiger partial charge in [0.25, 0.3) is 0 Å². The lowest BCUT2D eigenvalue weighted by molar-refractivity contribution is -0.150. The van der Waals surface area contributed by atoms with Crippen LogP contribution in [0.1, 0.15) is 38.5 Å². The maximum absolute atomic E-state index is 13.5. The minimum atomic E-state index is -0.776. The van der Waals surface area contributed by atoms with E-state index in [2.05, 4.69) is 0 Å². The van der Waals surface area contributed by atoms with E-state index in [9.17, 15) is 9.59 Å². The Bertz CT molecular complexity index is 1240. The molecular formula is C26H28O7. The lowest BCUT2D eigenvalue weighted by Gasteiger charge is -2.17. The van der Waals surface area contributed by atoms with Gasteiger partial charge in [-0.3, -0.25) is 4.79 Å². The van der Waals surface area contributed by atoms with E-state index in [0.717, 1.165) is 12.0 Å². The molecule has 0 spiro atoms. The molecule has 7 nitrogen and oxygen atoms in total. The summed E-state index contributed by atoms with van der Waals surface area (Å²) in [6, 6.07) is 8.95. The van der Waals surface area contributed by atoms with Crippen LogP contribution in [-0.4, -0.2) is 31.9 Å². The molecule has 1 atom stereocenters. The highest BCUT2D eigenvalue weighted by atomic mass is 16.6. The molecule has 0 aliphatic carbocycles. The van der Waals surface area contributed by atoms with E-state index in [1.165, 1.54) is 0 Å². The third kappa shape index (κ3) is 4.53. The van der Waals surface area contributed by atoms with Crippen LogP contribution in [0.2, 0.25) is 0 Å². The van der Waals surface area contributed by atoms with E-state index in [0.29, 0.717) is 64.7 Å². The molecular weight excluding hydrogens is 424 g/mol. The summed E-state index contributed by atoms with van der Waals surface area (Å²) in [7, 11) is 0. The van der Waals surface area contributed by atoms with Crippen molar-refractivity contribution in [3.05, 3.63) is 51.9 Å². The highest BCUT2D eigenvalue weighted by Crippen LogP contribution is 2.36. The molecule has 2 heterocycles. The molecule has 0 fully saturated rings. The predicted octanol–water partition coefficient (Wildman–Crippen LogP) is 4.82. The predicted molar refractivity (Wildman–Crippen MR) is 124 cm³/mol. The maximum atomic E-state index is 13.5. The molecule has 4 rings (SSSR count). The van der Waals surface area contributed by atoms with Crippen LogP contribution in [0.5, 0.6) is 17.2 Å². The number of benzene rings is 2. The van der Waals surface area contributed by atoms with Crippen molar-refractivity contribution in [1.29, 1.82) is 0 Å². The number of hydrogen-bond donors (Lipinski definition) is 0. The number of esters is 1. The Morgan fingerprint density at radius 3 is 2.58 bits per heavy atom. The highest BCUT2D eigenvalue weighted by Gasteiger charge is 2.21. The Morgan fingerprint density at radius 1 is 1.09 bits per heavy atom. The fourth-order valence-corrected chi connectivity index (χ4v) is 3.92. The maximum Gasteiger partial charge on any atom is 0.347 e. The van der Waals surface area contributed by atoms with Crippen LogP contribution in [0.3, 0.4) is 0 Å². The van der Waals surface area contributed by atoms with E-state index in [1.807, 2.05) is 25.1 Å². The smallest absolute Gasteiger partial charge is 0.347 e. The summed E-state index contributed by atoms with van der Waals surface area (Å²) >= 11 is 0. The van der Waals surface area contributed by atoms with Gasteiger partial charge in [-0.1, -0.05) is 13.0 Å². The molecule has 7 heteroatoms. The summed E-state index contributed by atoms with van der Waals surface area (Å²) < 4.78 is 28.4. The minimum Gasteiger partial charge on any atom is -0.490 e. The van der Waals surface area contributed by atoms with E-state index >= 15 is 0 Å². The molecule has 0 bridgehead atoms. The molecule has 0 radical (unpaired) electrons. The first kappa shape index (κ1) is 22.7. The van der Waals surface area contributed by atoms with Gasteiger partial charge in [-0.25, -0.2) is 4.79 Å². The summed E-state index contributed by atoms with van der Waals surface area (Å²) in [5.41, 5.74) is 2.26. The molecule has 2 aromatic carbocycles. The third-order valence-electron chi connectivity index (χ3n) is 5.59. The summed E-state index contributed by atoms with van der Waals surface area (Å²) in [5, 5.41) is 0.454. The molecule has 0 amide bonds. The van der Waals surface area contributed by atoms with E-state index < -0.39 is 12.1 Å². The zero-order valence-electron chi connectivity index (χ0n) is 19.4. The third-order valence-corrected chi connectivity index (χ3v) is 5.59. The first-order chi connectivity index (χ1) is 15.9. The van der Waals surface area contributed by atoms with Crippen LogP contribution in [0, 0.1) is 6.92 Å². The number of fused-ring (bicyclic) bond motifs is 2. The standard InChI is InChI=1S/C26H28O7/c1-5-17-12-19-22(14-21(17)33-16(4)26(28)29-6-2)32-15(3)24(25(19)27)18-8-9-20-23(13-18)31-11-7-10-30-20/h8-9,12-14,16H,5-7,10-11H2,1-4H3. The lowest BCUT2D eigenvalue weighted by Crippen LogP contribution is -2.26. The van der Waals surface area contributed by atoms with Gasteiger partial charge < -0.3 is 23.4 Å². The fourth-order valence-electron chi connectivity index (χ4n) is 3.92. The number of carbonyl (C=O) groups excluding carboxylic acids is 1. The van der Waals surface area contributed by atoms with Crippen molar-refractivity contribution in [3.63, 3.8) is 0 Å². The second kappa shape index (κ2) is 9.57. The van der Waals surface area contributed by atoms with Gasteiger partial charge in [0.05, 0.1) is 30.8 Å². The SMILES string of the molecule is CCOC(=O)C(C)Oc1cc2oc(C)c(-c3ccc4c(c3)OCCCO4)c(=O)c2cc1CC. The van der Waals surface area contributed by atoms with Crippen LogP contribution < -0.4 is 19.6 Å². The topological polar surface area (TPSA) is 84.2 Å². The van der Waals surface area contributed by atoms with Gasteiger partial charge >= 0.3 is 5.97 Å². The van der Waals surface area contributed by atoms with E-state index in [-0.39, 0.29) is 12.0 Å². The van der Waals surface area contributed by atoms with Crippen molar-refractivity contribution in [1.82, 2.24) is 0 Å². The minimum absolute atomic E-state index is 0.136. The second-order valence-corrected chi connectivity index (χ2v) is 7.90. The zero-order valence-corrected chi connectivity index (χ0v) is 19.4. The first-order valence-corrected chi connectivity index (χ1v) is 11.3. The summed E-state index contributed by atoms with van der Waals surface area (Å²) in [6.07, 6.45) is 0.648. The number of carbonyl (C=O) groups is 1. The normalized spacial score (nSPS) is 13.9. The molecule has 1 unspecified atom stereocenters. The van der Waals surface area contributed by atoms with Crippen LogP contribution >= 0.6 is 0 Å². The Morgan fingerprint density at radius 2 is 1.85 bits per heavy atom. The van der Waals surface area contributed by atoms with Crippen molar-refractivity contribution < 1.29 is 28.2 Å². The molecule has 1 aliphatic heterocycles. The van der Waals surface area contributed by atoms with Gasteiger partial charge in [-0.2, -0.15) is 0 Å². The summed E-state index contributed by atoms with van der Waals surface area (Å²) in [6.45, 7) is 8.55. The molecule has 0 saturated heterocycles. The second-order valence-electron chi connectivity index (χ2n) is 7.90. The number of hydrogen-bond acceptors (Lipinski definition) is 7. The number of rotatable bonds is 6. The summed E-state index contributed by atoms with van der Waals surface area (Å²) in [5.74, 6) is 1.83. The molecule has 1 aliphatic rings. The Hall–Kier alpha value is -3.48. The molecule has 174 valence electrons. The van der Waals surface area contributed by atoms with Crippen molar-refractivity contribution in [2.45, 2.75) is 46.6 Å². The van der Waals surface area contributed by atoms with Crippen LogP contribution in [0.25, 0.3) is 22.1 Å². The average Bonchev–Trinajstić information content (AvgIpc) is 3.04. The molecule has 33 heavy (non-hydrogen) atoms. The fraction of sp³-hybridized carbons (Fsp3) is 0.385. The largest absolute Gasteiger partial charge is 0.490 e. The highest BCUT2D eigenvalue weighted by molar-refractivity contribution is 5.85. The van der Waals surface area contributed by atoms with Crippen LogP contribution in [-0.2, 0) is 16.0 Å². The van der Waals surface area contributed by atoms with Crippen molar-refractivity contribution in [2.24, 2.45) is 0 Å². The van der Waals surface area contributed by atoms with Crippen molar-refractivity contribution in [2.75, 3.05) is 19.8 Å². The number of aryl methyl sites for hydroxylation is 2. The van der Waals surface area contributed by atoms with Gasteiger partial charge in [-0.15, -0.1) is 0 Å². The Kier molecular flexibility index (Phi) is 6.58. The van der Waals surface area contributed by atoms with E-state index in [4.69, 9.17) is 23.4 Å². The van der Waals surface area contributed by atoms with Gasteiger partial charge in [0.2, 0.25) is 5.43 Å². The van der Waals surface area contributed by atoms with Gasteiger partial charge in [-0.05, 0) is 56.5 Å². The number of ether oxygens (including phenoxy) is 4. The lowest BCUT2D eigenvalue weighted by atomic mass is 10.0. The van der Waals surface area contributed by atoms with Gasteiger partial charge in [0.1, 0.15) is 17.1 Å². The quantitative estimate of drug-likeness (QED) is 0.496. The van der Waals surface area contributed by atoms with E-state index in [1.54, 1.807) is 32.9 Å². The monoisotopic (exact) mass is 452 g/mol. The van der Waals surface area contributed by atoms with Crippen molar-refractivity contribution >= 4 is 16.9 Å². The molecule has 0 N–H and O–H groups in total. The molecule has 3 aromatic rings. The first-order valence-electron chi connectivity index (χ1n) is 11.3. The average molecular weight is 453 g/mol. The van der Waals surface area contributed by atoms with Crippen molar-refractivity contribution in [3.8, 4) is 28.4 Å².